The molecule has 0 radical (unpaired) electrons. The Bertz CT molecular complexity index is 971. The molecule has 1 saturated heterocycles. The average Bonchev–Trinajstić information content (AvgIpc) is 2.68. The minimum absolute atomic E-state index is 0.0522. The predicted octanol–water partition coefficient (Wildman–Crippen LogP) is 2.48. The molecule has 1 aliphatic heterocycles. The third-order valence-corrected chi connectivity index (χ3v) is 5.66. The molecule has 0 spiro atoms. The number of amides is 2. The Hall–Kier alpha value is -3.13. The van der Waals surface area contributed by atoms with Crippen molar-refractivity contribution in [3.8, 4) is 6.07 Å². The van der Waals surface area contributed by atoms with Crippen LogP contribution in [0.4, 0.5) is 10.5 Å². The second kappa shape index (κ2) is 9.58. The van der Waals surface area contributed by atoms with E-state index in [1.54, 1.807) is 6.07 Å². The van der Waals surface area contributed by atoms with Crippen LogP contribution in [-0.2, 0) is 14.8 Å². The van der Waals surface area contributed by atoms with Crippen LogP contribution in [0.2, 0.25) is 0 Å². The number of anilines is 1. The van der Waals surface area contributed by atoms with Gasteiger partial charge in [-0.3, -0.25) is 0 Å². The van der Waals surface area contributed by atoms with Gasteiger partial charge in [-0.15, -0.1) is 0 Å². The Labute approximate surface area is 176 Å². The Morgan fingerprint density at radius 2 is 2.07 bits per heavy atom. The molecule has 2 heterocycles. The van der Waals surface area contributed by atoms with E-state index in [2.05, 4.69) is 15.6 Å². The number of nitriles is 1. The molecule has 0 unspecified atom stereocenters. The molecule has 30 heavy (non-hydrogen) atoms. The van der Waals surface area contributed by atoms with Crippen molar-refractivity contribution in [2.45, 2.75) is 46.0 Å². The van der Waals surface area contributed by atoms with Crippen molar-refractivity contribution in [1.82, 2.24) is 15.0 Å². The molecule has 0 bridgehead atoms. The molecule has 0 aromatic carbocycles. The lowest BCUT2D eigenvalue weighted by atomic mass is 9.96. The number of carbonyl (C=O) groups excluding carboxylic acids is 1. The third-order valence-electron chi connectivity index (χ3n) is 4.32. The molecule has 11 heteroatoms. The van der Waals surface area contributed by atoms with Gasteiger partial charge >= 0.3 is 6.03 Å². The summed E-state index contributed by atoms with van der Waals surface area (Å²) in [6.45, 7) is 8.32. The van der Waals surface area contributed by atoms with Crippen molar-refractivity contribution in [1.29, 1.82) is 10.7 Å². The number of nitrogens with zero attached hydrogens (tertiary/aromatic N) is 2. The molecule has 1 aromatic rings. The molecule has 0 atom stereocenters. The van der Waals surface area contributed by atoms with Gasteiger partial charge in [0.1, 0.15) is 11.8 Å². The number of carbonyl (C=O) groups is 1. The number of allylic oxidation sites excluding steroid dienone is 1. The molecule has 1 fully saturated rings. The molecule has 1 aromatic heterocycles. The van der Waals surface area contributed by atoms with E-state index in [4.69, 9.17) is 10.1 Å². The first kappa shape index (κ1) is 23.2. The number of rotatable bonds is 6. The van der Waals surface area contributed by atoms with E-state index in [0.717, 1.165) is 0 Å². The molecule has 0 saturated carbocycles. The van der Waals surface area contributed by atoms with E-state index >= 15 is 0 Å². The summed E-state index contributed by atoms with van der Waals surface area (Å²) in [5.74, 6) is -0.243. The summed E-state index contributed by atoms with van der Waals surface area (Å²) in [7, 11) is -4.36. The van der Waals surface area contributed by atoms with Crippen LogP contribution in [0.15, 0.2) is 16.9 Å². The number of aromatic nitrogens is 1. The smallest absolute Gasteiger partial charge is 0.333 e. The van der Waals surface area contributed by atoms with Crippen LogP contribution in [0.5, 0.6) is 0 Å². The van der Waals surface area contributed by atoms with Crippen molar-refractivity contribution >= 4 is 28.0 Å². The molecule has 0 aliphatic carbocycles. The van der Waals surface area contributed by atoms with Gasteiger partial charge in [-0.05, 0) is 29.9 Å². The normalized spacial score (nSPS) is 15.6. The molecule has 2 rings (SSSR count). The maximum Gasteiger partial charge on any atom is 0.333 e. The van der Waals surface area contributed by atoms with Crippen LogP contribution < -0.4 is 15.4 Å². The monoisotopic (exact) mass is 434 g/mol. The van der Waals surface area contributed by atoms with Crippen LogP contribution in [0.25, 0.3) is 0 Å². The quantitative estimate of drug-likeness (QED) is 0.501. The van der Waals surface area contributed by atoms with E-state index in [0.29, 0.717) is 42.7 Å². The highest BCUT2D eigenvalue weighted by atomic mass is 32.2. The maximum atomic E-state index is 12.6. The Morgan fingerprint density at radius 3 is 2.57 bits per heavy atom. The van der Waals surface area contributed by atoms with Crippen LogP contribution in [0.1, 0.15) is 62.9 Å². The van der Waals surface area contributed by atoms with Gasteiger partial charge in [0.15, 0.2) is 4.91 Å². The molecule has 2 amide bonds. The fraction of sp³-hybridized carbons (Fsp3) is 0.474. The van der Waals surface area contributed by atoms with Crippen LogP contribution >= 0.6 is 0 Å². The zero-order chi connectivity index (χ0) is 22.5. The van der Waals surface area contributed by atoms with Gasteiger partial charge in [0, 0.05) is 12.8 Å². The van der Waals surface area contributed by atoms with Crippen molar-refractivity contribution in [3.63, 3.8) is 0 Å². The van der Waals surface area contributed by atoms with Crippen LogP contribution in [0, 0.1) is 16.7 Å². The van der Waals surface area contributed by atoms with E-state index in [9.17, 15) is 18.5 Å². The number of ether oxygens (including phenoxy) is 1. The van der Waals surface area contributed by atoms with Gasteiger partial charge in [-0.2, -0.15) is 5.26 Å². The van der Waals surface area contributed by atoms with E-state index in [-0.39, 0.29) is 23.4 Å². The Kier molecular flexibility index (Phi) is 7.39. The number of urea groups is 1. The van der Waals surface area contributed by atoms with Crippen molar-refractivity contribution in [2.75, 3.05) is 18.5 Å². The topological polar surface area (TPSA) is 157 Å². The van der Waals surface area contributed by atoms with Crippen LogP contribution in [-0.4, -0.2) is 38.8 Å². The maximum absolute atomic E-state index is 12.6. The number of nitrogens with one attached hydrogen (secondary N) is 4. The molecule has 4 N–H and O–H groups in total. The molecular formula is C19H26N6O4S. The highest BCUT2D eigenvalue weighted by molar-refractivity contribution is 7.94. The van der Waals surface area contributed by atoms with Gasteiger partial charge < -0.3 is 20.8 Å². The SMILES string of the molecule is CC(C)c1cc(C#N)nc(C(C)C)c1NC(=O)NS(=O)(=O)/C(C=N)=C1/NCCCO1. The molecule has 1 aliphatic rings. The summed E-state index contributed by atoms with van der Waals surface area (Å²) in [5.41, 5.74) is 1.73. The Balaban J connectivity index is 2.38. The second-order valence-corrected chi connectivity index (χ2v) is 8.96. The zero-order valence-corrected chi connectivity index (χ0v) is 18.2. The average molecular weight is 435 g/mol. The lowest BCUT2D eigenvalue weighted by Crippen LogP contribution is -2.38. The second-order valence-electron chi connectivity index (χ2n) is 7.30. The van der Waals surface area contributed by atoms with Crippen molar-refractivity contribution in [2.24, 2.45) is 0 Å². The number of pyridine rings is 1. The lowest BCUT2D eigenvalue weighted by molar-refractivity contribution is 0.157. The van der Waals surface area contributed by atoms with Gasteiger partial charge in [0.05, 0.1) is 18.0 Å². The molecule has 162 valence electrons. The van der Waals surface area contributed by atoms with E-state index in [1.165, 1.54) is 0 Å². The zero-order valence-electron chi connectivity index (χ0n) is 17.4. The lowest BCUT2D eigenvalue weighted by Gasteiger charge is -2.21. The molecule has 10 nitrogen and oxygen atoms in total. The summed E-state index contributed by atoms with van der Waals surface area (Å²) in [5, 5.41) is 22.0. The third kappa shape index (κ3) is 5.27. The van der Waals surface area contributed by atoms with Crippen LogP contribution in [0.3, 0.4) is 0 Å². The van der Waals surface area contributed by atoms with Crippen molar-refractivity contribution in [3.05, 3.63) is 33.8 Å². The number of hydrogen-bond donors (Lipinski definition) is 4. The summed E-state index contributed by atoms with van der Waals surface area (Å²) in [6.07, 6.45) is 1.32. The van der Waals surface area contributed by atoms with Gasteiger partial charge in [-0.1, -0.05) is 27.7 Å². The standard InChI is InChI=1S/C19H26N6O4S/c1-11(2)14-8-13(9-20)23-16(12(3)4)17(14)24-19(26)25-30(27,28)15(10-21)18-22-6-5-7-29-18/h8,10-12,21-22H,5-7H2,1-4H3,(H2,24,25,26)/b18-15-,21-10?. The Morgan fingerprint density at radius 1 is 1.37 bits per heavy atom. The first-order valence-electron chi connectivity index (χ1n) is 9.50. The summed E-state index contributed by atoms with van der Waals surface area (Å²) >= 11 is 0. The minimum Gasteiger partial charge on any atom is -0.478 e. The fourth-order valence-corrected chi connectivity index (χ4v) is 3.83. The first-order valence-corrected chi connectivity index (χ1v) is 11.0. The first-order chi connectivity index (χ1) is 14.1. The van der Waals surface area contributed by atoms with Crippen molar-refractivity contribution < 1.29 is 17.9 Å². The van der Waals surface area contributed by atoms with Gasteiger partial charge in [0.2, 0.25) is 5.88 Å². The largest absolute Gasteiger partial charge is 0.478 e. The summed E-state index contributed by atoms with van der Waals surface area (Å²) < 4.78 is 32.5. The number of sulfonamides is 1. The van der Waals surface area contributed by atoms with E-state index < -0.39 is 21.0 Å². The molecular weight excluding hydrogens is 408 g/mol. The summed E-state index contributed by atoms with van der Waals surface area (Å²) in [4.78, 5) is 16.4. The fourth-order valence-electron chi connectivity index (χ4n) is 2.89. The summed E-state index contributed by atoms with van der Waals surface area (Å²) in [6, 6.07) is 2.58. The highest BCUT2D eigenvalue weighted by Crippen LogP contribution is 2.32. The predicted molar refractivity (Wildman–Crippen MR) is 113 cm³/mol. The number of hydrogen-bond acceptors (Lipinski definition) is 8. The van der Waals surface area contributed by atoms with Gasteiger partial charge in [0.25, 0.3) is 10.0 Å². The highest BCUT2D eigenvalue weighted by Gasteiger charge is 2.27. The van der Waals surface area contributed by atoms with E-state index in [1.807, 2.05) is 38.5 Å². The minimum atomic E-state index is -4.36. The van der Waals surface area contributed by atoms with Gasteiger partial charge in [-0.25, -0.2) is 22.9 Å².